The van der Waals surface area contributed by atoms with Gasteiger partial charge in [-0.2, -0.15) is 0 Å². The second kappa shape index (κ2) is 7.82. The summed E-state index contributed by atoms with van der Waals surface area (Å²) in [4.78, 5) is 13.0. The monoisotopic (exact) mass is 347 g/mol. The molecule has 132 valence electrons. The zero-order chi connectivity index (χ0) is 17.6. The van der Waals surface area contributed by atoms with Crippen LogP contribution in [0.1, 0.15) is 23.2 Å². The molecule has 0 spiro atoms. The fourth-order valence-corrected chi connectivity index (χ4v) is 3.03. The SMILES string of the molecule is c1cncc(NCCCNc2ncnc3c2Cc2ccccc2OC3)c1. The highest BCUT2D eigenvalue weighted by Gasteiger charge is 2.18. The lowest BCUT2D eigenvalue weighted by Crippen LogP contribution is -2.13. The second-order valence-corrected chi connectivity index (χ2v) is 6.17. The smallest absolute Gasteiger partial charge is 0.133 e. The van der Waals surface area contributed by atoms with Crippen LogP contribution in [0.25, 0.3) is 0 Å². The molecule has 2 aromatic heterocycles. The van der Waals surface area contributed by atoms with Crippen molar-refractivity contribution < 1.29 is 4.74 Å². The normalized spacial score (nSPS) is 12.3. The van der Waals surface area contributed by atoms with Crippen LogP contribution >= 0.6 is 0 Å². The molecule has 6 heteroatoms. The Labute approximate surface area is 152 Å². The molecule has 0 atom stereocenters. The summed E-state index contributed by atoms with van der Waals surface area (Å²) in [5.74, 6) is 1.83. The number of rotatable bonds is 6. The molecular weight excluding hydrogens is 326 g/mol. The number of pyridine rings is 1. The average molecular weight is 347 g/mol. The van der Waals surface area contributed by atoms with Gasteiger partial charge in [0, 0.05) is 37.5 Å². The second-order valence-electron chi connectivity index (χ2n) is 6.17. The predicted molar refractivity (Wildman–Crippen MR) is 101 cm³/mol. The summed E-state index contributed by atoms with van der Waals surface area (Å²) in [6.07, 6.45) is 6.96. The third-order valence-corrected chi connectivity index (χ3v) is 4.38. The number of nitrogens with zero attached hydrogens (tertiary/aromatic N) is 3. The summed E-state index contributed by atoms with van der Waals surface area (Å²) in [6, 6.07) is 12.1. The Bertz CT molecular complexity index is 869. The number of para-hydroxylation sites is 1. The van der Waals surface area contributed by atoms with Gasteiger partial charge in [0.05, 0.1) is 11.4 Å². The molecule has 0 saturated carbocycles. The Morgan fingerprint density at radius 2 is 1.92 bits per heavy atom. The lowest BCUT2D eigenvalue weighted by Gasteiger charge is -2.12. The van der Waals surface area contributed by atoms with E-state index in [0.29, 0.717) is 6.61 Å². The first-order valence-corrected chi connectivity index (χ1v) is 8.81. The Morgan fingerprint density at radius 3 is 2.85 bits per heavy atom. The number of anilines is 2. The van der Waals surface area contributed by atoms with Gasteiger partial charge in [0.25, 0.3) is 0 Å². The Hall–Kier alpha value is -3.15. The van der Waals surface area contributed by atoms with Crippen molar-refractivity contribution in [3.63, 3.8) is 0 Å². The lowest BCUT2D eigenvalue weighted by atomic mass is 10.0. The van der Waals surface area contributed by atoms with Crippen LogP contribution in [0.15, 0.2) is 55.1 Å². The first-order valence-electron chi connectivity index (χ1n) is 8.81. The van der Waals surface area contributed by atoms with Gasteiger partial charge in [0.15, 0.2) is 0 Å². The molecule has 1 aromatic carbocycles. The van der Waals surface area contributed by atoms with E-state index in [0.717, 1.165) is 54.4 Å². The number of benzene rings is 1. The standard InChI is InChI=1S/C20H21N5O/c1-2-7-19-15(5-1)11-17-18(13-26-19)24-14-25-20(17)23-10-4-9-22-16-6-3-8-21-12-16/h1-3,5-8,12,14,22H,4,9-11,13H2,(H,23,24,25). The van der Waals surface area contributed by atoms with E-state index in [-0.39, 0.29) is 0 Å². The Morgan fingerprint density at radius 1 is 1.00 bits per heavy atom. The quantitative estimate of drug-likeness (QED) is 0.667. The van der Waals surface area contributed by atoms with Gasteiger partial charge in [-0.3, -0.25) is 4.98 Å². The fourth-order valence-electron chi connectivity index (χ4n) is 3.03. The van der Waals surface area contributed by atoms with Crippen molar-refractivity contribution in [1.29, 1.82) is 0 Å². The van der Waals surface area contributed by atoms with E-state index in [9.17, 15) is 0 Å². The number of hydrogen-bond acceptors (Lipinski definition) is 6. The van der Waals surface area contributed by atoms with Crippen molar-refractivity contribution in [1.82, 2.24) is 15.0 Å². The third-order valence-electron chi connectivity index (χ3n) is 4.38. The molecule has 0 fully saturated rings. The maximum absolute atomic E-state index is 5.89. The first kappa shape index (κ1) is 16.3. The highest BCUT2D eigenvalue weighted by Crippen LogP contribution is 2.29. The summed E-state index contributed by atoms with van der Waals surface area (Å²) in [5, 5.41) is 6.82. The van der Waals surface area contributed by atoms with Crippen LogP contribution in [-0.4, -0.2) is 28.0 Å². The summed E-state index contributed by atoms with van der Waals surface area (Å²) in [6.45, 7) is 2.18. The molecule has 6 nitrogen and oxygen atoms in total. The summed E-state index contributed by atoms with van der Waals surface area (Å²) in [7, 11) is 0. The average Bonchev–Trinajstić information content (AvgIpc) is 2.88. The van der Waals surface area contributed by atoms with Crippen LogP contribution in [0.5, 0.6) is 5.75 Å². The number of fused-ring (bicyclic) bond motifs is 2. The predicted octanol–water partition coefficient (Wildman–Crippen LogP) is 3.27. The first-order chi connectivity index (χ1) is 12.9. The van der Waals surface area contributed by atoms with Crippen LogP contribution in [-0.2, 0) is 13.0 Å². The van der Waals surface area contributed by atoms with Gasteiger partial charge < -0.3 is 15.4 Å². The minimum absolute atomic E-state index is 0.478. The largest absolute Gasteiger partial charge is 0.487 e. The molecule has 2 N–H and O–H groups in total. The van der Waals surface area contributed by atoms with E-state index in [1.807, 2.05) is 36.5 Å². The molecule has 4 rings (SSSR count). The maximum atomic E-state index is 5.89. The van der Waals surface area contributed by atoms with Crippen molar-refractivity contribution >= 4 is 11.5 Å². The molecule has 1 aliphatic rings. The zero-order valence-electron chi connectivity index (χ0n) is 14.5. The van der Waals surface area contributed by atoms with E-state index < -0.39 is 0 Å². The Balaban J connectivity index is 1.38. The van der Waals surface area contributed by atoms with Crippen LogP contribution in [0, 0.1) is 0 Å². The van der Waals surface area contributed by atoms with Gasteiger partial charge in [-0.25, -0.2) is 9.97 Å². The lowest BCUT2D eigenvalue weighted by molar-refractivity contribution is 0.302. The molecule has 0 unspecified atom stereocenters. The zero-order valence-corrected chi connectivity index (χ0v) is 14.5. The summed E-state index contributed by atoms with van der Waals surface area (Å²) >= 11 is 0. The topological polar surface area (TPSA) is 72.0 Å². The summed E-state index contributed by atoms with van der Waals surface area (Å²) in [5.41, 5.74) is 4.28. The van der Waals surface area contributed by atoms with E-state index in [1.165, 1.54) is 5.56 Å². The van der Waals surface area contributed by atoms with Gasteiger partial charge >= 0.3 is 0 Å². The van der Waals surface area contributed by atoms with Crippen molar-refractivity contribution in [2.24, 2.45) is 0 Å². The molecule has 26 heavy (non-hydrogen) atoms. The Kier molecular flexibility index (Phi) is 4.91. The van der Waals surface area contributed by atoms with Crippen molar-refractivity contribution in [3.8, 4) is 5.75 Å². The highest BCUT2D eigenvalue weighted by atomic mass is 16.5. The van der Waals surface area contributed by atoms with Gasteiger partial charge in [0.2, 0.25) is 0 Å². The molecule has 3 heterocycles. The molecule has 0 amide bonds. The minimum Gasteiger partial charge on any atom is -0.487 e. The van der Waals surface area contributed by atoms with Gasteiger partial charge in [0.1, 0.15) is 24.5 Å². The van der Waals surface area contributed by atoms with Crippen LogP contribution in [0.3, 0.4) is 0 Å². The van der Waals surface area contributed by atoms with Crippen LogP contribution < -0.4 is 15.4 Å². The van der Waals surface area contributed by atoms with E-state index in [2.05, 4.69) is 31.7 Å². The van der Waals surface area contributed by atoms with Gasteiger partial charge in [-0.1, -0.05) is 18.2 Å². The molecule has 3 aromatic rings. The van der Waals surface area contributed by atoms with Crippen LogP contribution in [0.4, 0.5) is 11.5 Å². The summed E-state index contributed by atoms with van der Waals surface area (Å²) < 4.78 is 5.89. The number of ether oxygens (including phenoxy) is 1. The van der Waals surface area contributed by atoms with E-state index >= 15 is 0 Å². The van der Waals surface area contributed by atoms with Crippen LogP contribution in [0.2, 0.25) is 0 Å². The van der Waals surface area contributed by atoms with Crippen molar-refractivity contribution in [2.45, 2.75) is 19.4 Å². The maximum Gasteiger partial charge on any atom is 0.133 e. The van der Waals surface area contributed by atoms with E-state index in [4.69, 9.17) is 4.74 Å². The molecule has 1 aliphatic heterocycles. The van der Waals surface area contributed by atoms with Gasteiger partial charge in [-0.15, -0.1) is 0 Å². The molecule has 0 bridgehead atoms. The molecule has 0 saturated heterocycles. The molecule has 0 radical (unpaired) electrons. The number of nitrogens with one attached hydrogen (secondary N) is 2. The number of aromatic nitrogens is 3. The molecule has 0 aliphatic carbocycles. The van der Waals surface area contributed by atoms with Gasteiger partial charge in [-0.05, 0) is 30.2 Å². The molecular formula is C20H21N5O. The number of hydrogen-bond donors (Lipinski definition) is 2. The highest BCUT2D eigenvalue weighted by molar-refractivity contribution is 5.51. The third kappa shape index (κ3) is 3.74. The van der Waals surface area contributed by atoms with Crippen molar-refractivity contribution in [3.05, 3.63) is 71.9 Å². The minimum atomic E-state index is 0.478. The van der Waals surface area contributed by atoms with Crippen molar-refractivity contribution in [2.75, 3.05) is 23.7 Å². The fraction of sp³-hybridized carbons (Fsp3) is 0.250. The van der Waals surface area contributed by atoms with E-state index in [1.54, 1.807) is 12.5 Å².